The van der Waals surface area contributed by atoms with Crippen LogP contribution in [0.2, 0.25) is 0 Å². The van der Waals surface area contributed by atoms with Gasteiger partial charge in [0.05, 0.1) is 6.61 Å². The molecule has 0 aromatic rings. The molecule has 4 heteroatoms. The first kappa shape index (κ1) is 21.9. The summed E-state index contributed by atoms with van der Waals surface area (Å²) in [6.07, 6.45) is 12.6. The maximum absolute atomic E-state index is 11.5. The molecule has 0 amide bonds. The highest BCUT2D eigenvalue weighted by Crippen LogP contribution is 2.07. The fourth-order valence-electron chi connectivity index (χ4n) is 2.25. The topological polar surface area (TPSA) is 52.6 Å². The summed E-state index contributed by atoms with van der Waals surface area (Å²) in [4.78, 5) is 22.9. The fraction of sp³-hybridized carbons (Fsp3) is 0.842. The molecule has 0 bridgehead atoms. The van der Waals surface area contributed by atoms with Crippen LogP contribution in [0.25, 0.3) is 0 Å². The normalized spacial score (nSPS) is 10.5. The number of ether oxygens (including phenoxy) is 2. The van der Waals surface area contributed by atoms with Gasteiger partial charge in [0, 0.05) is 19.3 Å². The van der Waals surface area contributed by atoms with Crippen LogP contribution in [0.3, 0.4) is 0 Å². The van der Waals surface area contributed by atoms with Gasteiger partial charge >= 0.3 is 11.9 Å². The number of carbonyl (C=O) groups excluding carboxylic acids is 2. The molecular weight excluding hydrogens is 292 g/mol. The summed E-state index contributed by atoms with van der Waals surface area (Å²) >= 11 is 0. The van der Waals surface area contributed by atoms with Gasteiger partial charge in [0.1, 0.15) is 6.61 Å². The van der Waals surface area contributed by atoms with Crippen molar-refractivity contribution in [3.05, 3.63) is 6.61 Å². The maximum Gasteiger partial charge on any atom is 0.306 e. The zero-order valence-corrected chi connectivity index (χ0v) is 15.1. The molecule has 0 aliphatic rings. The number of rotatable bonds is 16. The highest BCUT2D eigenvalue weighted by atomic mass is 16.5. The Morgan fingerprint density at radius 2 is 1.26 bits per heavy atom. The molecule has 135 valence electrons. The first-order valence-corrected chi connectivity index (χ1v) is 9.37. The van der Waals surface area contributed by atoms with E-state index >= 15 is 0 Å². The van der Waals surface area contributed by atoms with Crippen molar-refractivity contribution >= 4 is 11.9 Å². The zero-order valence-electron chi connectivity index (χ0n) is 15.1. The van der Waals surface area contributed by atoms with Crippen LogP contribution in [-0.2, 0) is 19.1 Å². The molecule has 0 unspecified atom stereocenters. The largest absolute Gasteiger partial charge is 0.466 e. The lowest BCUT2D eigenvalue weighted by Crippen LogP contribution is -2.08. The van der Waals surface area contributed by atoms with Gasteiger partial charge < -0.3 is 9.47 Å². The van der Waals surface area contributed by atoms with Gasteiger partial charge in [-0.15, -0.1) is 0 Å². The van der Waals surface area contributed by atoms with E-state index in [-0.39, 0.29) is 18.5 Å². The predicted octanol–water partition coefficient (Wildman–Crippen LogP) is 5.35. The minimum Gasteiger partial charge on any atom is -0.466 e. The molecule has 0 rings (SSSR count). The van der Waals surface area contributed by atoms with E-state index in [1.54, 1.807) is 0 Å². The second-order valence-corrected chi connectivity index (χ2v) is 5.99. The van der Waals surface area contributed by atoms with E-state index in [0.717, 1.165) is 25.7 Å². The van der Waals surface area contributed by atoms with E-state index < -0.39 is 0 Å². The van der Waals surface area contributed by atoms with Crippen LogP contribution in [0.4, 0.5) is 0 Å². The Morgan fingerprint density at radius 3 is 1.83 bits per heavy atom. The number of carbonyl (C=O) groups is 2. The average Bonchev–Trinajstić information content (AvgIpc) is 2.54. The highest BCUT2D eigenvalue weighted by molar-refractivity contribution is 5.70. The van der Waals surface area contributed by atoms with Crippen LogP contribution in [0.15, 0.2) is 0 Å². The Hall–Kier alpha value is -1.06. The monoisotopic (exact) mass is 327 g/mol. The smallest absolute Gasteiger partial charge is 0.306 e. The summed E-state index contributed by atoms with van der Waals surface area (Å²) in [5.74, 6) is -0.346. The van der Waals surface area contributed by atoms with Gasteiger partial charge in [-0.05, 0) is 12.8 Å². The van der Waals surface area contributed by atoms with Gasteiger partial charge in [-0.2, -0.15) is 0 Å². The van der Waals surface area contributed by atoms with Gasteiger partial charge in [-0.25, -0.2) is 0 Å². The second-order valence-electron chi connectivity index (χ2n) is 5.99. The van der Waals surface area contributed by atoms with Crippen LogP contribution in [-0.4, -0.2) is 18.5 Å². The molecule has 0 aliphatic carbocycles. The van der Waals surface area contributed by atoms with Crippen LogP contribution < -0.4 is 0 Å². The highest BCUT2D eigenvalue weighted by Gasteiger charge is 2.05. The van der Waals surface area contributed by atoms with E-state index in [0.29, 0.717) is 19.3 Å². The molecule has 0 aromatic carbocycles. The molecule has 0 fully saturated rings. The molecule has 0 saturated carbocycles. The molecule has 0 heterocycles. The van der Waals surface area contributed by atoms with Crippen LogP contribution in [0.5, 0.6) is 0 Å². The first-order valence-electron chi connectivity index (χ1n) is 9.37. The molecule has 23 heavy (non-hydrogen) atoms. The van der Waals surface area contributed by atoms with Gasteiger partial charge in [0.15, 0.2) is 0 Å². The minimum absolute atomic E-state index is 0.155. The third-order valence-corrected chi connectivity index (χ3v) is 3.68. The van der Waals surface area contributed by atoms with Crippen molar-refractivity contribution in [1.29, 1.82) is 0 Å². The lowest BCUT2D eigenvalue weighted by molar-refractivity contribution is -0.144. The van der Waals surface area contributed by atoms with Gasteiger partial charge in [0.25, 0.3) is 0 Å². The van der Waals surface area contributed by atoms with E-state index in [1.165, 1.54) is 45.1 Å². The molecular formula is C19H35O4. The lowest BCUT2D eigenvalue weighted by atomic mass is 10.1. The number of esters is 2. The van der Waals surface area contributed by atoms with Crippen molar-refractivity contribution in [2.75, 3.05) is 6.61 Å². The molecule has 0 saturated heterocycles. The Morgan fingerprint density at radius 1 is 0.739 bits per heavy atom. The summed E-state index contributed by atoms with van der Waals surface area (Å²) in [7, 11) is 0. The van der Waals surface area contributed by atoms with Crippen molar-refractivity contribution in [3.8, 4) is 0 Å². The van der Waals surface area contributed by atoms with Crippen LogP contribution in [0, 0.1) is 6.61 Å². The lowest BCUT2D eigenvalue weighted by Gasteiger charge is -2.06. The van der Waals surface area contributed by atoms with Gasteiger partial charge in [-0.1, -0.05) is 65.2 Å². The van der Waals surface area contributed by atoms with Crippen molar-refractivity contribution in [2.45, 2.75) is 97.3 Å². The Balaban J connectivity index is 3.30. The number of unbranched alkanes of at least 4 members (excludes halogenated alkanes) is 8. The van der Waals surface area contributed by atoms with Crippen molar-refractivity contribution < 1.29 is 19.1 Å². The number of hydrogen-bond donors (Lipinski definition) is 0. The molecule has 0 aromatic heterocycles. The van der Waals surface area contributed by atoms with Gasteiger partial charge in [0.2, 0.25) is 0 Å². The van der Waals surface area contributed by atoms with E-state index in [4.69, 9.17) is 9.47 Å². The molecule has 0 N–H and O–H groups in total. The van der Waals surface area contributed by atoms with Crippen molar-refractivity contribution in [3.63, 3.8) is 0 Å². The van der Waals surface area contributed by atoms with Crippen molar-refractivity contribution in [1.82, 2.24) is 0 Å². The minimum atomic E-state index is -0.191. The van der Waals surface area contributed by atoms with Crippen LogP contribution in [0.1, 0.15) is 97.3 Å². The molecule has 0 spiro atoms. The first-order chi connectivity index (χ1) is 11.2. The third-order valence-electron chi connectivity index (χ3n) is 3.68. The zero-order chi connectivity index (χ0) is 17.2. The van der Waals surface area contributed by atoms with Crippen molar-refractivity contribution in [2.24, 2.45) is 0 Å². The summed E-state index contributed by atoms with van der Waals surface area (Å²) in [5, 5.41) is 0. The molecule has 4 nitrogen and oxygen atoms in total. The average molecular weight is 327 g/mol. The Labute approximate surface area is 142 Å². The van der Waals surface area contributed by atoms with E-state index in [1.807, 2.05) is 0 Å². The van der Waals surface area contributed by atoms with Crippen LogP contribution >= 0.6 is 0 Å². The molecule has 0 atom stereocenters. The molecule has 0 aliphatic heterocycles. The fourth-order valence-corrected chi connectivity index (χ4v) is 2.25. The predicted molar refractivity (Wildman–Crippen MR) is 92.7 cm³/mol. The summed E-state index contributed by atoms with van der Waals surface area (Å²) < 4.78 is 10.1. The quantitative estimate of drug-likeness (QED) is 0.283. The third kappa shape index (κ3) is 17.1. The second kappa shape index (κ2) is 17.3. The summed E-state index contributed by atoms with van der Waals surface area (Å²) in [6.45, 7) is 6.08. The summed E-state index contributed by atoms with van der Waals surface area (Å²) in [6, 6.07) is 0. The maximum atomic E-state index is 11.5. The van der Waals surface area contributed by atoms with E-state index in [2.05, 4.69) is 13.8 Å². The Kier molecular flexibility index (Phi) is 16.5. The standard InChI is InChI=1S/C19H35O4/c1-3-5-7-9-11-14-18(20)22-16-13-17-23-19(21)15-12-10-8-6-4-2/h16H,3-15,17H2,1-2H3. The Bertz CT molecular complexity index is 261. The summed E-state index contributed by atoms with van der Waals surface area (Å²) in [5.41, 5.74) is 0. The van der Waals surface area contributed by atoms with E-state index in [9.17, 15) is 9.59 Å². The SMILES string of the molecule is CCCCCCCC(=O)O[CH]CCOC(=O)CCCCCCC. The molecule has 1 radical (unpaired) electrons. The number of hydrogen-bond acceptors (Lipinski definition) is 4. The van der Waals surface area contributed by atoms with Gasteiger partial charge in [-0.3, -0.25) is 9.59 Å².